The molecule has 0 N–H and O–H groups in total. The molecule has 0 amide bonds. The van der Waals surface area contributed by atoms with Crippen molar-refractivity contribution in [2.45, 2.75) is 45.2 Å². The maximum atomic E-state index is 4.48. The van der Waals surface area contributed by atoms with Gasteiger partial charge in [-0.05, 0) is 80.9 Å². The highest BCUT2D eigenvalue weighted by Gasteiger charge is 2.50. The van der Waals surface area contributed by atoms with Gasteiger partial charge in [0.25, 0.3) is 0 Å². The van der Waals surface area contributed by atoms with Crippen molar-refractivity contribution in [2.75, 3.05) is 24.5 Å². The highest BCUT2D eigenvalue weighted by atomic mass is 15.3. The third kappa shape index (κ3) is 2.48. The first-order chi connectivity index (χ1) is 12.2. The number of benzene rings is 1. The van der Waals surface area contributed by atoms with Crippen molar-refractivity contribution in [1.82, 2.24) is 9.88 Å². The number of pyridine rings is 1. The molecule has 3 heteroatoms. The Morgan fingerprint density at radius 2 is 1.92 bits per heavy atom. The molecule has 1 aromatic carbocycles. The summed E-state index contributed by atoms with van der Waals surface area (Å²) >= 11 is 0. The summed E-state index contributed by atoms with van der Waals surface area (Å²) in [7, 11) is 0. The van der Waals surface area contributed by atoms with Crippen LogP contribution < -0.4 is 4.90 Å². The van der Waals surface area contributed by atoms with Crippen LogP contribution in [0.5, 0.6) is 0 Å². The Morgan fingerprint density at radius 3 is 2.68 bits per heavy atom. The quantitative estimate of drug-likeness (QED) is 0.849. The van der Waals surface area contributed by atoms with Gasteiger partial charge in [-0.2, -0.15) is 0 Å². The number of fused-ring (bicyclic) bond motifs is 3. The standard InChI is InChI=1S/C22H27N3/c1-15-3-6-19-20(13-15)25(12-7-17-5-4-16(2)23-14-17)21-18-8-10-24(11-9-18)22(19)21/h3-6,13-14,18,21-22H,7-12H2,1-2H3. The summed E-state index contributed by atoms with van der Waals surface area (Å²) in [4.78, 5) is 9.96. The first-order valence-electron chi connectivity index (χ1n) is 9.73. The van der Waals surface area contributed by atoms with Crippen LogP contribution in [0, 0.1) is 19.8 Å². The van der Waals surface area contributed by atoms with Crippen LogP contribution in [0.4, 0.5) is 5.69 Å². The minimum absolute atomic E-state index is 0.624. The molecule has 3 nitrogen and oxygen atoms in total. The Kier molecular flexibility index (Phi) is 3.60. The van der Waals surface area contributed by atoms with Gasteiger partial charge in [-0.3, -0.25) is 9.88 Å². The van der Waals surface area contributed by atoms with Gasteiger partial charge < -0.3 is 4.90 Å². The van der Waals surface area contributed by atoms with Crippen molar-refractivity contribution in [3.63, 3.8) is 0 Å². The molecular weight excluding hydrogens is 306 g/mol. The number of piperidine rings is 3. The zero-order valence-corrected chi connectivity index (χ0v) is 15.3. The lowest BCUT2D eigenvalue weighted by atomic mass is 9.78. The predicted molar refractivity (Wildman–Crippen MR) is 102 cm³/mol. The van der Waals surface area contributed by atoms with E-state index in [0.717, 1.165) is 24.6 Å². The van der Waals surface area contributed by atoms with E-state index in [0.29, 0.717) is 12.1 Å². The third-order valence-electron chi connectivity index (χ3n) is 6.56. The van der Waals surface area contributed by atoms with Crippen LogP contribution in [0.3, 0.4) is 0 Å². The number of hydrogen-bond acceptors (Lipinski definition) is 3. The summed E-state index contributed by atoms with van der Waals surface area (Å²) in [6.07, 6.45) is 5.88. The van der Waals surface area contributed by atoms with Crippen LogP contribution in [-0.2, 0) is 6.42 Å². The van der Waals surface area contributed by atoms with E-state index in [1.165, 1.54) is 42.7 Å². The average Bonchev–Trinajstić information content (AvgIpc) is 2.98. The predicted octanol–water partition coefficient (Wildman–Crippen LogP) is 3.90. The SMILES string of the molecule is Cc1ccc2c(c1)N(CCc1ccc(C)nc1)C1C3CCN(CC3)C21. The Balaban J connectivity index is 1.47. The Morgan fingerprint density at radius 1 is 1.08 bits per heavy atom. The molecule has 4 aliphatic rings. The molecule has 5 heterocycles. The van der Waals surface area contributed by atoms with E-state index >= 15 is 0 Å². The Labute approximate surface area is 150 Å². The molecule has 3 fully saturated rings. The zero-order valence-electron chi connectivity index (χ0n) is 15.3. The molecule has 25 heavy (non-hydrogen) atoms. The number of anilines is 1. The van der Waals surface area contributed by atoms with Crippen molar-refractivity contribution in [2.24, 2.45) is 5.92 Å². The van der Waals surface area contributed by atoms with Gasteiger partial charge in [0.1, 0.15) is 0 Å². The van der Waals surface area contributed by atoms with Gasteiger partial charge in [-0.1, -0.05) is 18.2 Å². The first kappa shape index (κ1) is 15.4. The summed E-state index contributed by atoms with van der Waals surface area (Å²) in [5.74, 6) is 0.860. The zero-order chi connectivity index (χ0) is 17.0. The number of aromatic nitrogens is 1. The number of hydrogen-bond donors (Lipinski definition) is 0. The number of nitrogens with zero attached hydrogens (tertiary/aromatic N) is 3. The fourth-order valence-electron chi connectivity index (χ4n) is 5.30. The second-order valence-electron chi connectivity index (χ2n) is 8.12. The van der Waals surface area contributed by atoms with Crippen LogP contribution in [-0.4, -0.2) is 35.6 Å². The van der Waals surface area contributed by atoms with Gasteiger partial charge in [-0.15, -0.1) is 0 Å². The van der Waals surface area contributed by atoms with E-state index in [2.05, 4.69) is 65.2 Å². The maximum Gasteiger partial charge on any atom is 0.0575 e. The van der Waals surface area contributed by atoms with E-state index in [9.17, 15) is 0 Å². The molecule has 2 aromatic rings. The molecule has 1 aromatic heterocycles. The fraction of sp³-hybridized carbons (Fsp3) is 0.500. The van der Waals surface area contributed by atoms with E-state index in [1.54, 1.807) is 5.56 Å². The molecule has 2 unspecified atom stereocenters. The van der Waals surface area contributed by atoms with Crippen molar-refractivity contribution in [3.8, 4) is 0 Å². The molecule has 4 aliphatic heterocycles. The molecule has 0 radical (unpaired) electrons. The minimum Gasteiger partial charge on any atom is -0.366 e. The Bertz CT molecular complexity index is 774. The van der Waals surface area contributed by atoms with Crippen molar-refractivity contribution in [3.05, 3.63) is 58.9 Å². The van der Waals surface area contributed by atoms with E-state index < -0.39 is 0 Å². The second-order valence-corrected chi connectivity index (χ2v) is 8.12. The van der Waals surface area contributed by atoms with Crippen LogP contribution in [0.25, 0.3) is 0 Å². The van der Waals surface area contributed by atoms with Crippen LogP contribution in [0.2, 0.25) is 0 Å². The smallest absolute Gasteiger partial charge is 0.0575 e. The summed E-state index contributed by atoms with van der Waals surface area (Å²) in [6, 6.07) is 12.8. The lowest BCUT2D eigenvalue weighted by Crippen LogP contribution is -2.56. The maximum absolute atomic E-state index is 4.48. The van der Waals surface area contributed by atoms with Gasteiger partial charge >= 0.3 is 0 Å². The first-order valence-corrected chi connectivity index (χ1v) is 9.73. The molecule has 2 atom stereocenters. The molecule has 6 rings (SSSR count). The lowest BCUT2D eigenvalue weighted by molar-refractivity contribution is 0.0325. The molecular formula is C22H27N3. The van der Waals surface area contributed by atoms with Crippen molar-refractivity contribution in [1.29, 1.82) is 0 Å². The van der Waals surface area contributed by atoms with Crippen LogP contribution in [0.1, 0.15) is 41.3 Å². The third-order valence-corrected chi connectivity index (χ3v) is 6.56. The number of aryl methyl sites for hydroxylation is 2. The van der Waals surface area contributed by atoms with Gasteiger partial charge in [0.05, 0.1) is 12.1 Å². The fourth-order valence-corrected chi connectivity index (χ4v) is 5.30. The molecule has 0 saturated carbocycles. The summed E-state index contributed by atoms with van der Waals surface area (Å²) in [6.45, 7) is 7.96. The largest absolute Gasteiger partial charge is 0.366 e. The Hall–Kier alpha value is -1.87. The second kappa shape index (κ2) is 5.84. The van der Waals surface area contributed by atoms with E-state index in [4.69, 9.17) is 0 Å². The van der Waals surface area contributed by atoms with E-state index in [-0.39, 0.29) is 0 Å². The lowest BCUT2D eigenvalue weighted by Gasteiger charge is -2.50. The highest BCUT2D eigenvalue weighted by Crippen LogP contribution is 2.52. The van der Waals surface area contributed by atoms with Crippen molar-refractivity contribution < 1.29 is 0 Å². The van der Waals surface area contributed by atoms with Gasteiger partial charge in [0.2, 0.25) is 0 Å². The van der Waals surface area contributed by atoms with E-state index in [1.807, 2.05) is 0 Å². The van der Waals surface area contributed by atoms with Crippen LogP contribution in [0.15, 0.2) is 36.5 Å². The summed E-state index contributed by atoms with van der Waals surface area (Å²) in [5, 5.41) is 0. The number of rotatable bonds is 3. The van der Waals surface area contributed by atoms with Gasteiger partial charge in [-0.25, -0.2) is 0 Å². The van der Waals surface area contributed by atoms with Crippen LogP contribution >= 0.6 is 0 Å². The average molecular weight is 333 g/mol. The monoisotopic (exact) mass is 333 g/mol. The topological polar surface area (TPSA) is 19.4 Å². The molecule has 130 valence electrons. The van der Waals surface area contributed by atoms with Gasteiger partial charge in [0, 0.05) is 24.1 Å². The van der Waals surface area contributed by atoms with Gasteiger partial charge in [0.15, 0.2) is 0 Å². The van der Waals surface area contributed by atoms with Crippen molar-refractivity contribution >= 4 is 5.69 Å². The summed E-state index contributed by atoms with van der Waals surface area (Å²) in [5.41, 5.74) is 6.89. The molecule has 0 spiro atoms. The summed E-state index contributed by atoms with van der Waals surface area (Å²) < 4.78 is 0. The minimum atomic E-state index is 0.624. The molecule has 3 saturated heterocycles. The molecule has 2 bridgehead atoms. The molecule has 0 aliphatic carbocycles. The normalized spacial score (nSPS) is 29.6. The highest BCUT2D eigenvalue weighted by molar-refractivity contribution is 5.64.